The first-order valence-corrected chi connectivity index (χ1v) is 14.0. The number of ether oxygens (including phenoxy) is 1. The van der Waals surface area contributed by atoms with Crippen LogP contribution in [0.25, 0.3) is 10.8 Å². The molecular formula is C29H26F3N3O4S. The summed E-state index contributed by atoms with van der Waals surface area (Å²) >= 11 is 0. The minimum Gasteiger partial charge on any atom is -0.406 e. The highest BCUT2D eigenvalue weighted by Gasteiger charge is 2.35. The van der Waals surface area contributed by atoms with Crippen molar-refractivity contribution in [3.8, 4) is 5.75 Å². The van der Waals surface area contributed by atoms with Gasteiger partial charge in [-0.25, -0.2) is 17.7 Å². The molecule has 7 nitrogen and oxygen atoms in total. The molecule has 5 rings (SSSR count). The number of carbonyl (C=O) groups excluding carboxylic acids is 1. The maximum absolute atomic E-state index is 14.1. The normalized spacial score (nSPS) is 13.7. The van der Waals surface area contributed by atoms with Crippen LogP contribution in [-0.4, -0.2) is 25.7 Å². The van der Waals surface area contributed by atoms with E-state index in [1.54, 1.807) is 18.3 Å². The summed E-state index contributed by atoms with van der Waals surface area (Å²) in [5.74, 6) is -0.166. The van der Waals surface area contributed by atoms with Crippen molar-refractivity contribution >= 4 is 32.5 Å². The number of alkyl halides is 3. The zero-order chi connectivity index (χ0) is 28.5. The Morgan fingerprint density at radius 3 is 2.27 bits per heavy atom. The molecule has 0 spiro atoms. The second kappa shape index (κ2) is 10.8. The maximum atomic E-state index is 14.1. The molecule has 1 fully saturated rings. The highest BCUT2D eigenvalue weighted by Crippen LogP contribution is 2.48. The summed E-state index contributed by atoms with van der Waals surface area (Å²) in [5.41, 5.74) is 2.02. The van der Waals surface area contributed by atoms with E-state index in [0.717, 1.165) is 46.9 Å². The quantitative estimate of drug-likeness (QED) is 0.266. The van der Waals surface area contributed by atoms with Gasteiger partial charge < -0.3 is 10.1 Å². The molecule has 0 atom stereocenters. The number of aromatic nitrogens is 1. The molecule has 0 aliphatic heterocycles. The van der Waals surface area contributed by atoms with Crippen LogP contribution in [0.15, 0.2) is 83.9 Å². The summed E-state index contributed by atoms with van der Waals surface area (Å²) in [6.07, 6.45) is -1.40. The standard InChI is InChI=1S/C29H26F3N3O4S/c1-19(36)33-16-20-8-14-25(15-9-20)40(37,38)35(18-21-6-12-24(13-7-21)39-29(30,31)32)28-27(22-10-11-22)26-5-3-2-4-23(26)17-34-28/h2-9,12-15,17,22H,10-11,16,18H2,1H3,(H,33,36). The number of rotatable bonds is 9. The Morgan fingerprint density at radius 2 is 1.65 bits per heavy atom. The largest absolute Gasteiger partial charge is 0.573 e. The number of hydrogen-bond donors (Lipinski definition) is 1. The van der Waals surface area contributed by atoms with Gasteiger partial charge in [-0.15, -0.1) is 13.2 Å². The number of anilines is 1. The molecule has 1 aromatic heterocycles. The molecule has 40 heavy (non-hydrogen) atoms. The SMILES string of the molecule is CC(=O)NCc1ccc(S(=O)(=O)N(Cc2ccc(OC(F)(F)F)cc2)c2ncc3ccccc3c2C2CC2)cc1. The average molecular weight is 570 g/mol. The van der Waals surface area contributed by atoms with Crippen molar-refractivity contribution in [2.24, 2.45) is 0 Å². The molecule has 0 radical (unpaired) electrons. The predicted molar refractivity (Wildman–Crippen MR) is 144 cm³/mol. The molecule has 11 heteroatoms. The molecule has 1 saturated carbocycles. The fourth-order valence-corrected chi connectivity index (χ4v) is 5.94. The van der Waals surface area contributed by atoms with Crippen LogP contribution in [0.4, 0.5) is 19.0 Å². The third kappa shape index (κ3) is 6.20. The van der Waals surface area contributed by atoms with Gasteiger partial charge in [0.05, 0.1) is 11.4 Å². The number of sulfonamides is 1. The lowest BCUT2D eigenvalue weighted by Gasteiger charge is -2.27. The van der Waals surface area contributed by atoms with Gasteiger partial charge in [0.1, 0.15) is 11.6 Å². The van der Waals surface area contributed by atoms with E-state index in [1.165, 1.54) is 35.5 Å². The molecule has 1 N–H and O–H groups in total. The molecular weight excluding hydrogens is 543 g/mol. The molecule has 0 saturated heterocycles. The van der Waals surface area contributed by atoms with Crippen LogP contribution in [-0.2, 0) is 27.9 Å². The zero-order valence-corrected chi connectivity index (χ0v) is 22.3. The van der Waals surface area contributed by atoms with Crippen molar-refractivity contribution in [3.63, 3.8) is 0 Å². The topological polar surface area (TPSA) is 88.6 Å². The van der Waals surface area contributed by atoms with E-state index in [-0.39, 0.29) is 29.8 Å². The Bertz CT molecular complexity index is 1640. The van der Waals surface area contributed by atoms with Gasteiger partial charge in [-0.2, -0.15) is 0 Å². The minimum atomic E-state index is -4.84. The Balaban J connectivity index is 1.57. The van der Waals surface area contributed by atoms with Crippen molar-refractivity contribution in [1.29, 1.82) is 0 Å². The summed E-state index contributed by atoms with van der Waals surface area (Å²) in [6, 6.07) is 18.9. The van der Waals surface area contributed by atoms with Gasteiger partial charge in [0.15, 0.2) is 0 Å². The van der Waals surface area contributed by atoms with Crippen LogP contribution in [0.3, 0.4) is 0 Å². The fourth-order valence-electron chi connectivity index (χ4n) is 4.52. The molecule has 0 bridgehead atoms. The number of benzene rings is 3. The van der Waals surface area contributed by atoms with E-state index >= 15 is 0 Å². The van der Waals surface area contributed by atoms with Crippen molar-refractivity contribution in [2.75, 3.05) is 4.31 Å². The van der Waals surface area contributed by atoms with Crippen molar-refractivity contribution in [3.05, 3.63) is 95.7 Å². The number of nitrogens with zero attached hydrogens (tertiary/aromatic N) is 2. The van der Waals surface area contributed by atoms with Crippen molar-refractivity contribution in [1.82, 2.24) is 10.3 Å². The van der Waals surface area contributed by atoms with Gasteiger partial charge in [-0.05, 0) is 59.5 Å². The average Bonchev–Trinajstić information content (AvgIpc) is 3.75. The van der Waals surface area contributed by atoms with Crippen LogP contribution in [0.5, 0.6) is 5.75 Å². The van der Waals surface area contributed by atoms with E-state index in [0.29, 0.717) is 11.4 Å². The number of halogens is 3. The summed E-state index contributed by atoms with van der Waals surface area (Å²) in [5, 5.41) is 4.48. The van der Waals surface area contributed by atoms with Crippen LogP contribution < -0.4 is 14.4 Å². The third-order valence-electron chi connectivity index (χ3n) is 6.58. The molecule has 1 aliphatic carbocycles. The predicted octanol–water partition coefficient (Wildman–Crippen LogP) is 6.04. The Hall–Kier alpha value is -4.12. The van der Waals surface area contributed by atoms with Crippen LogP contribution in [0, 0.1) is 0 Å². The van der Waals surface area contributed by atoms with E-state index < -0.39 is 22.1 Å². The Labute approximate surface area is 229 Å². The third-order valence-corrected chi connectivity index (χ3v) is 8.33. The maximum Gasteiger partial charge on any atom is 0.573 e. The number of hydrogen-bond acceptors (Lipinski definition) is 5. The second-order valence-electron chi connectivity index (χ2n) is 9.61. The summed E-state index contributed by atoms with van der Waals surface area (Å²) < 4.78 is 71.4. The zero-order valence-electron chi connectivity index (χ0n) is 21.5. The molecule has 1 heterocycles. The lowest BCUT2D eigenvalue weighted by Crippen LogP contribution is -2.32. The van der Waals surface area contributed by atoms with E-state index in [2.05, 4.69) is 15.0 Å². The van der Waals surface area contributed by atoms with Crippen LogP contribution >= 0.6 is 0 Å². The monoisotopic (exact) mass is 569 g/mol. The van der Waals surface area contributed by atoms with Gasteiger partial charge in [0.25, 0.3) is 10.0 Å². The van der Waals surface area contributed by atoms with Crippen molar-refractivity contribution < 1.29 is 31.1 Å². The summed E-state index contributed by atoms with van der Waals surface area (Å²) in [4.78, 5) is 15.9. The first-order chi connectivity index (χ1) is 19.0. The summed E-state index contributed by atoms with van der Waals surface area (Å²) in [6.45, 7) is 1.49. The molecule has 208 valence electrons. The fraction of sp³-hybridized carbons (Fsp3) is 0.241. The molecule has 1 amide bonds. The smallest absolute Gasteiger partial charge is 0.406 e. The summed E-state index contributed by atoms with van der Waals surface area (Å²) in [7, 11) is -4.16. The number of carbonyl (C=O) groups is 1. The molecule has 1 aliphatic rings. The lowest BCUT2D eigenvalue weighted by atomic mass is 10.0. The Morgan fingerprint density at radius 1 is 1.00 bits per heavy atom. The van der Waals surface area contributed by atoms with E-state index in [1.807, 2.05) is 24.3 Å². The van der Waals surface area contributed by atoms with Crippen LogP contribution in [0.1, 0.15) is 42.4 Å². The van der Waals surface area contributed by atoms with Crippen molar-refractivity contribution in [2.45, 2.75) is 50.0 Å². The lowest BCUT2D eigenvalue weighted by molar-refractivity contribution is -0.274. The van der Waals surface area contributed by atoms with Gasteiger partial charge in [-0.3, -0.25) is 4.79 Å². The molecule has 4 aromatic rings. The van der Waals surface area contributed by atoms with E-state index in [9.17, 15) is 26.4 Å². The molecule has 3 aromatic carbocycles. The van der Waals surface area contributed by atoms with Gasteiger partial charge in [-0.1, -0.05) is 48.5 Å². The number of fused-ring (bicyclic) bond motifs is 1. The number of pyridine rings is 1. The number of amides is 1. The van der Waals surface area contributed by atoms with Crippen LogP contribution in [0.2, 0.25) is 0 Å². The molecule has 0 unspecified atom stereocenters. The van der Waals surface area contributed by atoms with Gasteiger partial charge >= 0.3 is 6.36 Å². The first kappa shape index (κ1) is 27.4. The highest BCUT2D eigenvalue weighted by molar-refractivity contribution is 7.92. The Kier molecular flexibility index (Phi) is 7.41. The second-order valence-corrected chi connectivity index (χ2v) is 11.5. The minimum absolute atomic E-state index is 0.0211. The van der Waals surface area contributed by atoms with E-state index in [4.69, 9.17) is 0 Å². The first-order valence-electron chi connectivity index (χ1n) is 12.6. The number of nitrogens with one attached hydrogen (secondary N) is 1. The van der Waals surface area contributed by atoms with Gasteiger partial charge in [0, 0.05) is 30.6 Å². The van der Waals surface area contributed by atoms with Gasteiger partial charge in [0.2, 0.25) is 5.91 Å². The highest BCUT2D eigenvalue weighted by atomic mass is 32.2.